The Hall–Kier alpha value is -2.04. The summed E-state index contributed by atoms with van der Waals surface area (Å²) >= 11 is 0. The lowest BCUT2D eigenvalue weighted by Crippen LogP contribution is -2.52. The summed E-state index contributed by atoms with van der Waals surface area (Å²) in [7, 11) is 0. The van der Waals surface area contributed by atoms with E-state index < -0.39 is 0 Å². The average molecular weight is 316 g/mol. The lowest BCUT2D eigenvalue weighted by molar-refractivity contribution is -0.142. The van der Waals surface area contributed by atoms with Gasteiger partial charge in [0.25, 0.3) is 0 Å². The topological polar surface area (TPSA) is 58.6 Å². The number of amides is 2. The van der Waals surface area contributed by atoms with Gasteiger partial charge in [0.1, 0.15) is 17.9 Å². The molecule has 0 bridgehead atoms. The number of hydrogen-bond donors (Lipinski definition) is 1. The molecule has 2 amide bonds. The molecule has 5 heteroatoms. The molecule has 2 aliphatic heterocycles. The average Bonchev–Trinajstić information content (AvgIpc) is 3.02. The quantitative estimate of drug-likeness (QED) is 0.923. The van der Waals surface area contributed by atoms with Crippen LogP contribution in [0.25, 0.3) is 0 Å². The maximum absolute atomic E-state index is 12.5. The van der Waals surface area contributed by atoms with E-state index >= 15 is 0 Å². The lowest BCUT2D eigenvalue weighted by Gasteiger charge is -2.34. The van der Waals surface area contributed by atoms with E-state index in [0.29, 0.717) is 19.5 Å². The van der Waals surface area contributed by atoms with Gasteiger partial charge in [-0.05, 0) is 30.9 Å². The van der Waals surface area contributed by atoms with Crippen molar-refractivity contribution >= 4 is 11.8 Å². The number of nitrogens with one attached hydrogen (secondary N) is 1. The third-order valence-electron chi connectivity index (χ3n) is 4.65. The molecular formula is C18H24N2O3. The molecule has 5 nitrogen and oxygen atoms in total. The van der Waals surface area contributed by atoms with Crippen LogP contribution in [0.3, 0.4) is 0 Å². The monoisotopic (exact) mass is 316 g/mol. The maximum Gasteiger partial charge on any atom is 0.242 e. The van der Waals surface area contributed by atoms with Gasteiger partial charge in [0.05, 0.1) is 6.54 Å². The van der Waals surface area contributed by atoms with Crippen LogP contribution in [0, 0.1) is 0 Å². The van der Waals surface area contributed by atoms with Crippen molar-refractivity contribution < 1.29 is 14.3 Å². The van der Waals surface area contributed by atoms with Gasteiger partial charge < -0.3 is 15.0 Å². The molecule has 0 radical (unpaired) electrons. The molecule has 0 aliphatic carbocycles. The highest BCUT2D eigenvalue weighted by Gasteiger charge is 2.32. The van der Waals surface area contributed by atoms with Gasteiger partial charge >= 0.3 is 0 Å². The highest BCUT2D eigenvalue weighted by atomic mass is 16.5. The highest BCUT2D eigenvalue weighted by molar-refractivity contribution is 5.87. The van der Waals surface area contributed by atoms with Crippen LogP contribution >= 0.6 is 0 Å². The molecule has 0 saturated carbocycles. The maximum atomic E-state index is 12.5. The normalized spacial score (nSPS) is 23.1. The molecular weight excluding hydrogens is 292 g/mol. The molecule has 2 heterocycles. The smallest absolute Gasteiger partial charge is 0.242 e. The van der Waals surface area contributed by atoms with Crippen molar-refractivity contribution in [2.24, 2.45) is 0 Å². The van der Waals surface area contributed by atoms with E-state index in [1.807, 2.05) is 25.1 Å². The van der Waals surface area contributed by atoms with Crippen LogP contribution in [-0.2, 0) is 16.0 Å². The number of benzene rings is 1. The summed E-state index contributed by atoms with van der Waals surface area (Å²) in [5, 5.41) is 2.98. The van der Waals surface area contributed by atoms with E-state index in [0.717, 1.165) is 31.4 Å². The number of hydrogen-bond acceptors (Lipinski definition) is 3. The summed E-state index contributed by atoms with van der Waals surface area (Å²) < 4.78 is 5.84. The number of ether oxygens (including phenoxy) is 1. The van der Waals surface area contributed by atoms with Crippen LogP contribution in [0.15, 0.2) is 24.3 Å². The molecule has 3 rings (SSSR count). The van der Waals surface area contributed by atoms with Gasteiger partial charge in [-0.1, -0.05) is 25.1 Å². The standard InChI is InChI=1S/C18H24N2O3/c1-2-17(21)20-10-6-5-8-15(20)18(22)19-12-14-11-13-7-3-4-9-16(13)23-14/h3-4,7,9,14-15H,2,5-6,8,10-12H2,1H3,(H,19,22)/t14-,15-/m1/s1. The molecule has 2 aliphatic rings. The first-order chi connectivity index (χ1) is 11.2. The van der Waals surface area contributed by atoms with Gasteiger partial charge in [-0.15, -0.1) is 0 Å². The van der Waals surface area contributed by atoms with Crippen molar-refractivity contribution in [3.63, 3.8) is 0 Å². The third-order valence-corrected chi connectivity index (χ3v) is 4.65. The Balaban J connectivity index is 1.54. The van der Waals surface area contributed by atoms with Crippen LogP contribution in [0.4, 0.5) is 0 Å². The molecule has 2 atom stereocenters. The summed E-state index contributed by atoms with van der Waals surface area (Å²) in [6.07, 6.45) is 3.98. The minimum Gasteiger partial charge on any atom is -0.488 e. The van der Waals surface area contributed by atoms with E-state index in [2.05, 4.69) is 11.4 Å². The summed E-state index contributed by atoms with van der Waals surface area (Å²) in [4.78, 5) is 26.2. The second-order valence-electron chi connectivity index (χ2n) is 6.25. The predicted octanol–water partition coefficient (Wildman–Crippen LogP) is 1.90. The fourth-order valence-corrected chi connectivity index (χ4v) is 3.41. The Morgan fingerprint density at radius 2 is 2.13 bits per heavy atom. The van der Waals surface area contributed by atoms with E-state index in [9.17, 15) is 9.59 Å². The number of fused-ring (bicyclic) bond motifs is 1. The highest BCUT2D eigenvalue weighted by Crippen LogP contribution is 2.27. The molecule has 23 heavy (non-hydrogen) atoms. The van der Waals surface area contributed by atoms with Crippen LogP contribution in [0.5, 0.6) is 5.75 Å². The molecule has 1 saturated heterocycles. The zero-order valence-electron chi connectivity index (χ0n) is 13.6. The van der Waals surface area contributed by atoms with Crippen LogP contribution in [-0.4, -0.2) is 41.9 Å². The van der Waals surface area contributed by atoms with Crippen molar-refractivity contribution in [2.75, 3.05) is 13.1 Å². The van der Waals surface area contributed by atoms with E-state index in [1.165, 1.54) is 5.56 Å². The van der Waals surface area contributed by atoms with E-state index in [1.54, 1.807) is 4.90 Å². The zero-order chi connectivity index (χ0) is 16.2. The Kier molecular flexibility index (Phi) is 4.84. The van der Waals surface area contributed by atoms with Gasteiger partial charge in [-0.25, -0.2) is 0 Å². The van der Waals surface area contributed by atoms with Crippen LogP contribution in [0.2, 0.25) is 0 Å². The third kappa shape index (κ3) is 3.49. The number of piperidine rings is 1. The van der Waals surface area contributed by atoms with Crippen molar-refractivity contribution in [2.45, 2.75) is 51.2 Å². The molecule has 124 valence electrons. The Bertz CT molecular complexity index is 562. The number of rotatable bonds is 4. The van der Waals surface area contributed by atoms with Gasteiger partial charge in [-0.2, -0.15) is 0 Å². The summed E-state index contributed by atoms with van der Waals surface area (Å²) in [5.74, 6) is 0.924. The Morgan fingerprint density at radius 1 is 1.30 bits per heavy atom. The molecule has 1 aromatic rings. The predicted molar refractivity (Wildman–Crippen MR) is 87.2 cm³/mol. The van der Waals surface area contributed by atoms with E-state index in [-0.39, 0.29) is 24.0 Å². The van der Waals surface area contributed by atoms with Crippen LogP contribution in [0.1, 0.15) is 38.2 Å². The second-order valence-corrected chi connectivity index (χ2v) is 6.25. The molecule has 0 spiro atoms. The number of nitrogens with zero attached hydrogens (tertiary/aromatic N) is 1. The second kappa shape index (κ2) is 7.02. The van der Waals surface area contributed by atoms with Gasteiger partial charge in [-0.3, -0.25) is 9.59 Å². The van der Waals surface area contributed by atoms with Gasteiger partial charge in [0.15, 0.2) is 0 Å². The minimum absolute atomic E-state index is 0.0183. The van der Waals surface area contributed by atoms with Crippen LogP contribution < -0.4 is 10.1 Å². The molecule has 1 aromatic carbocycles. The number of carbonyl (C=O) groups excluding carboxylic acids is 2. The molecule has 1 N–H and O–H groups in total. The molecule has 0 unspecified atom stereocenters. The summed E-state index contributed by atoms with van der Waals surface area (Å²) in [6.45, 7) is 3.02. The fourth-order valence-electron chi connectivity index (χ4n) is 3.41. The fraction of sp³-hybridized carbons (Fsp3) is 0.556. The zero-order valence-corrected chi connectivity index (χ0v) is 13.6. The Morgan fingerprint density at radius 3 is 2.91 bits per heavy atom. The largest absolute Gasteiger partial charge is 0.488 e. The SMILES string of the molecule is CCC(=O)N1CCCC[C@@H]1C(=O)NC[C@H]1Cc2ccccc2O1. The van der Waals surface area contributed by atoms with Crippen molar-refractivity contribution in [3.05, 3.63) is 29.8 Å². The molecule has 1 fully saturated rings. The number of carbonyl (C=O) groups is 2. The number of para-hydroxylation sites is 1. The van der Waals surface area contributed by atoms with E-state index in [4.69, 9.17) is 4.74 Å². The first kappa shape index (κ1) is 15.8. The van der Waals surface area contributed by atoms with Gasteiger partial charge in [0.2, 0.25) is 11.8 Å². The summed E-state index contributed by atoms with van der Waals surface area (Å²) in [5.41, 5.74) is 1.19. The van der Waals surface area contributed by atoms with Crippen molar-refractivity contribution in [1.82, 2.24) is 10.2 Å². The van der Waals surface area contributed by atoms with Crippen molar-refractivity contribution in [1.29, 1.82) is 0 Å². The minimum atomic E-state index is -0.319. The number of likely N-dealkylation sites (tertiary alicyclic amines) is 1. The first-order valence-electron chi connectivity index (χ1n) is 8.50. The van der Waals surface area contributed by atoms with Gasteiger partial charge in [0, 0.05) is 19.4 Å². The Labute approximate surface area is 137 Å². The first-order valence-corrected chi connectivity index (χ1v) is 8.50. The summed E-state index contributed by atoms with van der Waals surface area (Å²) in [6, 6.07) is 7.65. The van der Waals surface area contributed by atoms with Crippen molar-refractivity contribution in [3.8, 4) is 5.75 Å². The molecule has 0 aromatic heterocycles. The lowest BCUT2D eigenvalue weighted by atomic mass is 10.0.